The summed E-state index contributed by atoms with van der Waals surface area (Å²) in [6.45, 7) is 13.5. The predicted molar refractivity (Wildman–Crippen MR) is 189 cm³/mol. The number of carbonyl (C=O) groups excluding carboxylic acids is 2. The molecule has 2 unspecified atom stereocenters. The molecule has 0 bridgehead atoms. The van der Waals surface area contributed by atoms with E-state index in [4.69, 9.17) is 0 Å². The second-order valence-corrected chi connectivity index (χ2v) is 15.0. The van der Waals surface area contributed by atoms with Crippen LogP contribution in [0.25, 0.3) is 0 Å². The lowest BCUT2D eigenvalue weighted by Crippen LogP contribution is -2.27. The number of fused-ring (bicyclic) bond motifs is 2. The van der Waals surface area contributed by atoms with Gasteiger partial charge in [-0.25, -0.2) is 0 Å². The van der Waals surface area contributed by atoms with Crippen LogP contribution in [0.3, 0.4) is 0 Å². The Morgan fingerprint density at radius 1 is 0.652 bits per heavy atom. The van der Waals surface area contributed by atoms with Gasteiger partial charge in [-0.15, -0.1) is 23.5 Å². The Hall–Kier alpha value is -2.98. The highest BCUT2D eigenvalue weighted by atomic mass is 32.2. The van der Waals surface area contributed by atoms with Gasteiger partial charge in [0.15, 0.2) is 11.6 Å². The zero-order chi connectivity index (χ0) is 34.0. The number of hydrogen-bond acceptors (Lipinski definition) is 8. The Morgan fingerprint density at radius 3 is 1.33 bits per heavy atom. The van der Waals surface area contributed by atoms with E-state index in [9.17, 15) is 29.4 Å². The summed E-state index contributed by atoms with van der Waals surface area (Å²) in [6, 6.07) is 7.29. The summed E-state index contributed by atoms with van der Waals surface area (Å²) < 4.78 is 0. The molecule has 0 heterocycles. The molecular weight excluding hydrogens is 621 g/mol. The minimum atomic E-state index is -0.863. The molecule has 10 heteroatoms. The molecule has 0 aromatic heterocycles. The van der Waals surface area contributed by atoms with Gasteiger partial charge in [-0.3, -0.25) is 19.2 Å². The van der Waals surface area contributed by atoms with Crippen LogP contribution in [0.5, 0.6) is 0 Å². The van der Waals surface area contributed by atoms with Gasteiger partial charge in [0, 0.05) is 56.9 Å². The molecule has 0 aliphatic heterocycles. The lowest BCUT2D eigenvalue weighted by Gasteiger charge is -2.27. The first-order valence-corrected chi connectivity index (χ1v) is 18.5. The van der Waals surface area contributed by atoms with Gasteiger partial charge in [-0.05, 0) is 48.9 Å². The third-order valence-electron chi connectivity index (χ3n) is 8.03. The second-order valence-electron chi connectivity index (χ2n) is 12.9. The smallest absolute Gasteiger partial charge is 0.307 e. The van der Waals surface area contributed by atoms with E-state index in [1.165, 1.54) is 23.5 Å². The molecule has 0 saturated carbocycles. The van der Waals surface area contributed by atoms with Crippen LogP contribution < -0.4 is 10.6 Å². The number of nitrogens with one attached hydrogen (secondary N) is 2. The number of thioether (sulfide) groups is 2. The number of aliphatic carboxylic acids is 2. The molecule has 4 N–H and O–H groups in total. The first kappa shape index (κ1) is 37.5. The van der Waals surface area contributed by atoms with Gasteiger partial charge >= 0.3 is 11.9 Å². The molecule has 252 valence electrons. The summed E-state index contributed by atoms with van der Waals surface area (Å²) in [5.41, 5.74) is 2.34. The van der Waals surface area contributed by atoms with Crippen molar-refractivity contribution in [2.24, 2.45) is 23.7 Å². The molecule has 2 aromatic carbocycles. The summed E-state index contributed by atoms with van der Waals surface area (Å²) in [4.78, 5) is 54.6. The number of carboxylic acid groups (broad SMARTS) is 2. The van der Waals surface area contributed by atoms with Crippen LogP contribution in [-0.2, 0) is 9.59 Å². The highest BCUT2D eigenvalue weighted by Crippen LogP contribution is 2.44. The first-order chi connectivity index (χ1) is 21.9. The van der Waals surface area contributed by atoms with E-state index in [0.717, 1.165) is 25.7 Å². The number of anilines is 2. The quantitative estimate of drug-likeness (QED) is 0.0867. The van der Waals surface area contributed by atoms with Crippen LogP contribution in [0.4, 0.5) is 11.4 Å². The number of rotatable bonds is 20. The maximum Gasteiger partial charge on any atom is 0.307 e. The molecule has 0 fully saturated rings. The molecule has 3 rings (SSSR count). The SMILES string of the molecule is CCCCC(CSc1ccc(NCC(C)C)c2c1C(=O)c1c(NCC(C)C)ccc(SCC(CCCC)C(=O)O)c1C2=O)C(=O)O. The van der Waals surface area contributed by atoms with E-state index in [0.29, 0.717) is 69.4 Å². The van der Waals surface area contributed by atoms with Crippen LogP contribution in [0.1, 0.15) is 112 Å². The fourth-order valence-electron chi connectivity index (χ4n) is 5.34. The van der Waals surface area contributed by atoms with Gasteiger partial charge in [-0.1, -0.05) is 67.2 Å². The summed E-state index contributed by atoms with van der Waals surface area (Å²) in [7, 11) is 0. The highest BCUT2D eigenvalue weighted by Gasteiger charge is 2.38. The minimum Gasteiger partial charge on any atom is -0.481 e. The van der Waals surface area contributed by atoms with Crippen molar-refractivity contribution >= 4 is 58.4 Å². The van der Waals surface area contributed by atoms with Crippen LogP contribution >= 0.6 is 23.5 Å². The summed E-state index contributed by atoms with van der Waals surface area (Å²) in [5, 5.41) is 26.5. The van der Waals surface area contributed by atoms with Crippen molar-refractivity contribution in [3.8, 4) is 0 Å². The summed E-state index contributed by atoms with van der Waals surface area (Å²) >= 11 is 2.63. The average Bonchev–Trinajstić information content (AvgIpc) is 3.00. The largest absolute Gasteiger partial charge is 0.481 e. The molecule has 8 nitrogen and oxygen atoms in total. The fraction of sp³-hybridized carbons (Fsp3) is 0.556. The zero-order valence-electron chi connectivity index (χ0n) is 28.0. The van der Waals surface area contributed by atoms with Crippen molar-refractivity contribution in [2.45, 2.75) is 89.9 Å². The molecule has 0 amide bonds. The van der Waals surface area contributed by atoms with E-state index in [-0.39, 0.29) is 34.9 Å². The van der Waals surface area contributed by atoms with E-state index in [1.807, 2.05) is 38.1 Å². The second kappa shape index (κ2) is 17.8. The molecule has 2 aromatic rings. The zero-order valence-corrected chi connectivity index (χ0v) is 29.7. The van der Waals surface area contributed by atoms with E-state index in [1.54, 1.807) is 0 Å². The Morgan fingerprint density at radius 2 is 1.02 bits per heavy atom. The number of hydrogen-bond donors (Lipinski definition) is 4. The third-order valence-corrected chi connectivity index (χ3v) is 10.5. The first-order valence-electron chi connectivity index (χ1n) is 16.5. The maximum atomic E-state index is 14.7. The Labute approximate surface area is 282 Å². The Bertz CT molecular complexity index is 1300. The standard InChI is InChI=1S/C36H50N2O6S2/c1-7-9-11-23(35(41)42)19-45-27-15-13-25(37-17-21(3)4)29-31(27)33(39)30-26(38-18-22(5)6)14-16-28(32(30)34(29)40)46-20-24(36(43)44)12-10-8-2/h13-16,21-24,37-38H,7-12,17-20H2,1-6H3,(H,41,42)(H,43,44). The van der Waals surface area contributed by atoms with Gasteiger partial charge in [0.1, 0.15) is 0 Å². The molecule has 2 atom stereocenters. The van der Waals surface area contributed by atoms with Crippen LogP contribution in [0, 0.1) is 23.7 Å². The van der Waals surface area contributed by atoms with Crippen molar-refractivity contribution in [3.05, 3.63) is 46.5 Å². The van der Waals surface area contributed by atoms with Crippen molar-refractivity contribution in [3.63, 3.8) is 0 Å². The van der Waals surface area contributed by atoms with E-state index in [2.05, 4.69) is 38.3 Å². The molecule has 0 saturated heterocycles. The monoisotopic (exact) mass is 670 g/mol. The normalized spacial score (nSPS) is 13.8. The van der Waals surface area contributed by atoms with E-state index >= 15 is 0 Å². The van der Waals surface area contributed by atoms with Crippen molar-refractivity contribution in [2.75, 3.05) is 35.2 Å². The highest BCUT2D eigenvalue weighted by molar-refractivity contribution is 7.99. The van der Waals surface area contributed by atoms with Crippen molar-refractivity contribution < 1.29 is 29.4 Å². The van der Waals surface area contributed by atoms with Gasteiger partial charge in [0.25, 0.3) is 0 Å². The van der Waals surface area contributed by atoms with E-state index < -0.39 is 23.8 Å². The summed E-state index contributed by atoms with van der Waals surface area (Å²) in [5.74, 6) is -2.27. The Kier molecular flexibility index (Phi) is 14.5. The molecule has 46 heavy (non-hydrogen) atoms. The number of benzene rings is 2. The predicted octanol–water partition coefficient (Wildman–Crippen LogP) is 8.56. The molecule has 1 aliphatic rings. The maximum absolute atomic E-state index is 14.7. The molecule has 0 spiro atoms. The number of carbonyl (C=O) groups is 4. The third kappa shape index (κ3) is 9.53. The average molecular weight is 671 g/mol. The van der Waals surface area contributed by atoms with Gasteiger partial charge in [0.05, 0.1) is 23.0 Å². The lowest BCUT2D eigenvalue weighted by molar-refractivity contribution is -0.142. The molecular formula is C36H50N2O6S2. The Balaban J connectivity index is 2.17. The van der Waals surface area contributed by atoms with Crippen molar-refractivity contribution in [1.82, 2.24) is 0 Å². The van der Waals surface area contributed by atoms with Gasteiger partial charge in [0.2, 0.25) is 0 Å². The summed E-state index contributed by atoms with van der Waals surface area (Å²) in [6.07, 6.45) is 4.47. The minimum absolute atomic E-state index is 0.282. The number of carboxylic acids is 2. The van der Waals surface area contributed by atoms with Gasteiger partial charge in [-0.2, -0.15) is 0 Å². The van der Waals surface area contributed by atoms with Crippen molar-refractivity contribution in [1.29, 1.82) is 0 Å². The molecule has 0 radical (unpaired) electrons. The number of unbranched alkanes of at least 4 members (excludes halogenated alkanes) is 2. The fourth-order valence-corrected chi connectivity index (χ4v) is 7.73. The molecule has 1 aliphatic carbocycles. The van der Waals surface area contributed by atoms with Crippen LogP contribution in [0.2, 0.25) is 0 Å². The lowest BCUT2D eigenvalue weighted by atomic mass is 9.82. The number of ketones is 2. The van der Waals surface area contributed by atoms with Crippen LogP contribution in [0.15, 0.2) is 34.1 Å². The van der Waals surface area contributed by atoms with Gasteiger partial charge < -0.3 is 20.8 Å². The topological polar surface area (TPSA) is 133 Å². The van der Waals surface area contributed by atoms with Crippen LogP contribution in [-0.4, -0.2) is 58.3 Å².